The van der Waals surface area contributed by atoms with Crippen LogP contribution in [0.15, 0.2) is 18.2 Å². The number of imide groups is 1. The van der Waals surface area contributed by atoms with Gasteiger partial charge in [0.2, 0.25) is 0 Å². The molecule has 1 aliphatic rings. The summed E-state index contributed by atoms with van der Waals surface area (Å²) in [5, 5.41) is 4.21. The van der Waals surface area contributed by atoms with Gasteiger partial charge in [0.15, 0.2) is 23.4 Å². The first-order chi connectivity index (χ1) is 12.9. The minimum absolute atomic E-state index is 0.0811. The third-order valence-electron chi connectivity index (χ3n) is 3.77. The van der Waals surface area contributed by atoms with E-state index in [9.17, 15) is 19.2 Å². The second-order valence-electron chi connectivity index (χ2n) is 5.84. The van der Waals surface area contributed by atoms with Gasteiger partial charge in [-0.3, -0.25) is 19.7 Å². The molecule has 0 aromatic heterocycles. The van der Waals surface area contributed by atoms with Crippen molar-refractivity contribution in [1.82, 2.24) is 10.6 Å². The molecule has 1 aromatic rings. The predicted molar refractivity (Wildman–Crippen MR) is 93.8 cm³/mol. The molecule has 2 rings (SSSR count). The molecule has 9 heteroatoms. The molecule has 146 valence electrons. The van der Waals surface area contributed by atoms with Crippen molar-refractivity contribution in [2.24, 2.45) is 0 Å². The van der Waals surface area contributed by atoms with Gasteiger partial charge in [-0.05, 0) is 25.1 Å². The first-order valence-electron chi connectivity index (χ1n) is 8.55. The van der Waals surface area contributed by atoms with Gasteiger partial charge >= 0.3 is 12.0 Å². The standard InChI is InChI=1S/C18H22N2O7/c1-11(17(23)20-18(24)19-2)27-16(22)7-5-13(21)12-4-6-14-15(10-12)26-9-3-8-25-14/h4,6,10-11H,3,5,7-9H2,1-2H3,(H2,19,20,23,24)/t11-/m1/s1. The highest BCUT2D eigenvalue weighted by Crippen LogP contribution is 2.30. The highest BCUT2D eigenvalue weighted by Gasteiger charge is 2.21. The lowest BCUT2D eigenvalue weighted by Gasteiger charge is -2.12. The summed E-state index contributed by atoms with van der Waals surface area (Å²) in [6, 6.07) is 4.17. The molecule has 0 aliphatic carbocycles. The number of amides is 3. The van der Waals surface area contributed by atoms with Crippen molar-refractivity contribution < 1.29 is 33.4 Å². The van der Waals surface area contributed by atoms with Crippen molar-refractivity contribution in [1.29, 1.82) is 0 Å². The van der Waals surface area contributed by atoms with Gasteiger partial charge in [0.05, 0.1) is 19.6 Å². The van der Waals surface area contributed by atoms with Gasteiger partial charge in [0.1, 0.15) is 0 Å². The van der Waals surface area contributed by atoms with E-state index in [4.69, 9.17) is 14.2 Å². The quantitative estimate of drug-likeness (QED) is 0.564. The molecule has 0 fully saturated rings. The minimum Gasteiger partial charge on any atom is -0.490 e. The predicted octanol–water partition coefficient (Wildman–Crippen LogP) is 1.20. The van der Waals surface area contributed by atoms with Gasteiger partial charge in [0.25, 0.3) is 5.91 Å². The molecule has 0 unspecified atom stereocenters. The van der Waals surface area contributed by atoms with E-state index in [1.807, 2.05) is 5.32 Å². The van der Waals surface area contributed by atoms with Crippen molar-refractivity contribution in [2.75, 3.05) is 20.3 Å². The van der Waals surface area contributed by atoms with Crippen LogP contribution in [0.2, 0.25) is 0 Å². The van der Waals surface area contributed by atoms with E-state index < -0.39 is 24.0 Å². The van der Waals surface area contributed by atoms with Gasteiger partial charge in [-0.15, -0.1) is 0 Å². The summed E-state index contributed by atoms with van der Waals surface area (Å²) in [4.78, 5) is 46.8. The molecule has 0 saturated carbocycles. The average molecular weight is 378 g/mol. The second kappa shape index (κ2) is 9.56. The fourth-order valence-corrected chi connectivity index (χ4v) is 2.28. The number of benzene rings is 1. The molecule has 1 aromatic carbocycles. The minimum atomic E-state index is -1.15. The van der Waals surface area contributed by atoms with Crippen molar-refractivity contribution in [2.45, 2.75) is 32.3 Å². The smallest absolute Gasteiger partial charge is 0.321 e. The molecule has 0 radical (unpaired) electrons. The van der Waals surface area contributed by atoms with Gasteiger partial charge in [-0.2, -0.15) is 0 Å². The van der Waals surface area contributed by atoms with Crippen LogP contribution in [0.25, 0.3) is 0 Å². The summed E-state index contributed by atoms with van der Waals surface area (Å²) in [6.07, 6.45) is -0.661. The molecule has 1 atom stereocenters. The Morgan fingerprint density at radius 3 is 2.52 bits per heavy atom. The van der Waals surface area contributed by atoms with Crippen molar-refractivity contribution in [3.8, 4) is 11.5 Å². The Labute approximate surface area is 156 Å². The molecule has 27 heavy (non-hydrogen) atoms. The number of fused-ring (bicyclic) bond motifs is 1. The Morgan fingerprint density at radius 2 is 1.81 bits per heavy atom. The van der Waals surface area contributed by atoms with Crippen LogP contribution in [0.3, 0.4) is 0 Å². The number of rotatable bonds is 6. The van der Waals surface area contributed by atoms with Crippen molar-refractivity contribution >= 4 is 23.7 Å². The number of ether oxygens (including phenoxy) is 3. The van der Waals surface area contributed by atoms with E-state index in [1.165, 1.54) is 14.0 Å². The van der Waals surface area contributed by atoms with E-state index in [0.717, 1.165) is 6.42 Å². The molecule has 0 spiro atoms. The summed E-state index contributed by atoms with van der Waals surface area (Å²) in [5.41, 5.74) is 0.400. The van der Waals surface area contributed by atoms with E-state index in [-0.39, 0.29) is 18.6 Å². The Balaban J connectivity index is 1.84. The Morgan fingerprint density at radius 1 is 1.11 bits per heavy atom. The van der Waals surface area contributed by atoms with Crippen molar-refractivity contribution in [3.05, 3.63) is 23.8 Å². The lowest BCUT2D eigenvalue weighted by Crippen LogP contribution is -2.43. The van der Waals surface area contributed by atoms with Crippen LogP contribution in [-0.2, 0) is 14.3 Å². The summed E-state index contributed by atoms with van der Waals surface area (Å²) in [6.45, 7) is 2.40. The molecule has 1 heterocycles. The number of esters is 1. The number of nitrogens with one attached hydrogen (secondary N) is 2. The summed E-state index contributed by atoms with van der Waals surface area (Å²) in [5.74, 6) is -0.640. The second-order valence-corrected chi connectivity index (χ2v) is 5.84. The number of hydrogen-bond acceptors (Lipinski definition) is 7. The summed E-state index contributed by atoms with van der Waals surface area (Å²) >= 11 is 0. The topological polar surface area (TPSA) is 120 Å². The van der Waals surface area contributed by atoms with Crippen LogP contribution in [-0.4, -0.2) is 50.1 Å². The van der Waals surface area contributed by atoms with Crippen LogP contribution in [0.5, 0.6) is 11.5 Å². The van der Waals surface area contributed by atoms with Crippen LogP contribution in [0.4, 0.5) is 4.79 Å². The van der Waals surface area contributed by atoms with Gasteiger partial charge in [-0.25, -0.2) is 4.79 Å². The highest BCUT2D eigenvalue weighted by atomic mass is 16.5. The first kappa shape index (κ1) is 20.2. The van der Waals surface area contributed by atoms with E-state index in [1.54, 1.807) is 18.2 Å². The zero-order chi connectivity index (χ0) is 19.8. The van der Waals surface area contributed by atoms with Gasteiger partial charge in [0, 0.05) is 25.5 Å². The normalized spacial score (nSPS) is 13.7. The van der Waals surface area contributed by atoms with Crippen LogP contribution < -0.4 is 20.1 Å². The SMILES string of the molecule is CNC(=O)NC(=O)[C@@H](C)OC(=O)CCC(=O)c1ccc2c(c1)OCCCO2. The maximum Gasteiger partial charge on any atom is 0.321 e. The molecule has 0 saturated heterocycles. The van der Waals surface area contributed by atoms with Gasteiger partial charge in [-0.1, -0.05) is 0 Å². The third-order valence-corrected chi connectivity index (χ3v) is 3.77. The molecule has 2 N–H and O–H groups in total. The fourth-order valence-electron chi connectivity index (χ4n) is 2.28. The lowest BCUT2D eigenvalue weighted by molar-refractivity contribution is -0.154. The monoisotopic (exact) mass is 378 g/mol. The molecular weight excluding hydrogens is 356 g/mol. The lowest BCUT2D eigenvalue weighted by atomic mass is 10.1. The maximum atomic E-state index is 12.3. The van der Waals surface area contributed by atoms with E-state index >= 15 is 0 Å². The molecule has 3 amide bonds. The fraction of sp³-hybridized carbons (Fsp3) is 0.444. The first-order valence-corrected chi connectivity index (χ1v) is 8.55. The van der Waals surface area contributed by atoms with Crippen molar-refractivity contribution in [3.63, 3.8) is 0 Å². The Hall–Kier alpha value is -3.10. The highest BCUT2D eigenvalue weighted by molar-refractivity contribution is 5.99. The maximum absolute atomic E-state index is 12.3. The summed E-state index contributed by atoms with van der Waals surface area (Å²) < 4.78 is 16.0. The van der Waals surface area contributed by atoms with Crippen LogP contribution >= 0.6 is 0 Å². The molecule has 9 nitrogen and oxygen atoms in total. The number of hydrogen-bond donors (Lipinski definition) is 2. The number of ketones is 1. The molecular formula is C18H22N2O7. The number of carbonyl (C=O) groups excluding carboxylic acids is 4. The van der Waals surface area contributed by atoms with Crippen LogP contribution in [0, 0.1) is 0 Å². The average Bonchev–Trinajstić information content (AvgIpc) is 2.90. The largest absolute Gasteiger partial charge is 0.490 e. The molecule has 0 bridgehead atoms. The number of urea groups is 1. The van der Waals surface area contributed by atoms with Crippen LogP contribution in [0.1, 0.15) is 36.5 Å². The number of carbonyl (C=O) groups is 4. The Bertz CT molecular complexity index is 732. The zero-order valence-electron chi connectivity index (χ0n) is 15.2. The Kier molecular flexibility index (Phi) is 7.16. The van der Waals surface area contributed by atoms with E-state index in [0.29, 0.717) is 30.3 Å². The number of Topliss-reactive ketones (excluding diaryl/α,β-unsaturated/α-hetero) is 1. The summed E-state index contributed by atoms with van der Waals surface area (Å²) in [7, 11) is 1.35. The van der Waals surface area contributed by atoms with Gasteiger partial charge < -0.3 is 19.5 Å². The molecule has 1 aliphatic heterocycles. The third kappa shape index (κ3) is 5.98. The van der Waals surface area contributed by atoms with E-state index in [2.05, 4.69) is 5.32 Å². The zero-order valence-corrected chi connectivity index (χ0v) is 15.2.